The van der Waals surface area contributed by atoms with E-state index >= 15 is 0 Å². The fraction of sp³-hybridized carbons (Fsp3) is 0.588. The van der Waals surface area contributed by atoms with Crippen molar-refractivity contribution in [3.8, 4) is 5.75 Å². The second-order valence-corrected chi connectivity index (χ2v) is 6.07. The van der Waals surface area contributed by atoms with Crippen molar-refractivity contribution in [3.63, 3.8) is 0 Å². The smallest absolute Gasteiger partial charge is 0.410 e. The number of benzene rings is 1. The second-order valence-electron chi connectivity index (χ2n) is 6.07. The summed E-state index contributed by atoms with van der Waals surface area (Å²) in [7, 11) is 0. The molecule has 1 aliphatic rings. The molecule has 2 rings (SSSR count). The molecule has 1 amide bonds. The lowest BCUT2D eigenvalue weighted by Crippen LogP contribution is -2.44. The fourth-order valence-electron chi connectivity index (χ4n) is 2.88. The summed E-state index contributed by atoms with van der Waals surface area (Å²) in [4.78, 5) is 13.7. The minimum absolute atomic E-state index is 0.0149. The molecule has 1 heterocycles. The van der Waals surface area contributed by atoms with Crippen molar-refractivity contribution >= 4 is 6.09 Å². The molecule has 5 heteroatoms. The number of hydrogen-bond acceptors (Lipinski definition) is 4. The highest BCUT2D eigenvalue weighted by molar-refractivity contribution is 5.71. The van der Waals surface area contributed by atoms with Crippen LogP contribution in [0.25, 0.3) is 0 Å². The Bertz CT molecular complexity index is 500. The van der Waals surface area contributed by atoms with Crippen molar-refractivity contribution in [1.82, 2.24) is 4.90 Å². The van der Waals surface area contributed by atoms with Gasteiger partial charge >= 0.3 is 6.09 Å². The van der Waals surface area contributed by atoms with E-state index in [0.29, 0.717) is 6.42 Å². The molecule has 0 spiro atoms. The van der Waals surface area contributed by atoms with Crippen molar-refractivity contribution < 1.29 is 19.4 Å². The van der Waals surface area contributed by atoms with Gasteiger partial charge in [0.15, 0.2) is 6.10 Å². The van der Waals surface area contributed by atoms with Gasteiger partial charge in [-0.15, -0.1) is 0 Å². The van der Waals surface area contributed by atoms with Crippen LogP contribution in [0.1, 0.15) is 32.8 Å². The summed E-state index contributed by atoms with van der Waals surface area (Å²) in [5.41, 5.74) is 1.15. The van der Waals surface area contributed by atoms with Crippen molar-refractivity contribution in [3.05, 3.63) is 29.8 Å². The first-order chi connectivity index (χ1) is 10.4. The number of nitrogens with zero attached hydrogens (tertiary/aromatic N) is 1. The van der Waals surface area contributed by atoms with Crippen LogP contribution in [-0.2, 0) is 4.74 Å². The molecular formula is C17H25NO4. The average molecular weight is 307 g/mol. The van der Waals surface area contributed by atoms with Gasteiger partial charge in [0.2, 0.25) is 0 Å². The lowest BCUT2D eigenvalue weighted by molar-refractivity contribution is 0.0215. The Morgan fingerprint density at radius 2 is 1.95 bits per heavy atom. The third-order valence-corrected chi connectivity index (χ3v) is 4.01. The summed E-state index contributed by atoms with van der Waals surface area (Å²) in [5.74, 6) is 0.718. The normalized spacial score (nSPS) is 22.8. The van der Waals surface area contributed by atoms with Gasteiger partial charge in [-0.2, -0.15) is 0 Å². The zero-order valence-electron chi connectivity index (χ0n) is 13.7. The molecule has 22 heavy (non-hydrogen) atoms. The summed E-state index contributed by atoms with van der Waals surface area (Å²) in [6.07, 6.45) is -0.649. The minimum Gasteiger partial charge on any atom is -0.486 e. The summed E-state index contributed by atoms with van der Waals surface area (Å²) in [5, 5.41) is 9.31. The molecule has 1 fully saturated rings. The third-order valence-electron chi connectivity index (χ3n) is 4.01. The first-order valence-electron chi connectivity index (χ1n) is 7.77. The topological polar surface area (TPSA) is 59.0 Å². The van der Waals surface area contributed by atoms with Crippen molar-refractivity contribution in [2.24, 2.45) is 0 Å². The number of ether oxygens (including phenoxy) is 2. The maximum absolute atomic E-state index is 12.0. The number of carbonyl (C=O) groups is 1. The van der Waals surface area contributed by atoms with Crippen LogP contribution in [0.2, 0.25) is 0 Å². The van der Waals surface area contributed by atoms with E-state index in [-0.39, 0.29) is 37.0 Å². The van der Waals surface area contributed by atoms with Crippen LogP contribution in [0.3, 0.4) is 0 Å². The molecule has 3 atom stereocenters. The Morgan fingerprint density at radius 1 is 1.32 bits per heavy atom. The number of amides is 1. The molecular weight excluding hydrogens is 282 g/mol. The van der Waals surface area contributed by atoms with Crippen molar-refractivity contribution in [2.75, 3.05) is 6.61 Å². The van der Waals surface area contributed by atoms with Crippen LogP contribution in [0.5, 0.6) is 5.75 Å². The number of aliphatic hydroxyl groups excluding tert-OH is 1. The Kier molecular flexibility index (Phi) is 5.29. The zero-order chi connectivity index (χ0) is 16.3. The van der Waals surface area contributed by atoms with E-state index in [1.165, 1.54) is 0 Å². The van der Waals surface area contributed by atoms with E-state index < -0.39 is 0 Å². The molecule has 1 saturated heterocycles. The van der Waals surface area contributed by atoms with E-state index in [1.54, 1.807) is 4.90 Å². The SMILES string of the molecule is Cc1ccc(O[C@@H](CCO)[C@H]2OC(=O)N(C(C)C)C2C)cc1. The van der Waals surface area contributed by atoms with E-state index in [9.17, 15) is 9.90 Å². The largest absolute Gasteiger partial charge is 0.486 e. The Morgan fingerprint density at radius 3 is 2.45 bits per heavy atom. The third kappa shape index (κ3) is 3.53. The first-order valence-corrected chi connectivity index (χ1v) is 7.77. The molecule has 0 saturated carbocycles. The molecule has 1 aliphatic heterocycles. The van der Waals surface area contributed by atoms with Gasteiger partial charge in [0.1, 0.15) is 11.9 Å². The van der Waals surface area contributed by atoms with Crippen LogP contribution in [-0.4, -0.2) is 47.0 Å². The molecule has 0 aliphatic carbocycles. The van der Waals surface area contributed by atoms with Gasteiger partial charge < -0.3 is 14.6 Å². The Balaban J connectivity index is 2.14. The summed E-state index contributed by atoms with van der Waals surface area (Å²) < 4.78 is 11.5. The van der Waals surface area contributed by atoms with Crippen LogP contribution < -0.4 is 4.74 Å². The highest BCUT2D eigenvalue weighted by atomic mass is 16.6. The summed E-state index contributed by atoms with van der Waals surface area (Å²) in [6.45, 7) is 7.87. The van der Waals surface area contributed by atoms with Gasteiger partial charge in [-0.3, -0.25) is 4.90 Å². The molecule has 5 nitrogen and oxygen atoms in total. The molecule has 0 radical (unpaired) electrons. The molecule has 0 aromatic heterocycles. The van der Waals surface area contributed by atoms with E-state index in [0.717, 1.165) is 11.3 Å². The van der Waals surface area contributed by atoms with Gasteiger partial charge in [-0.1, -0.05) is 17.7 Å². The number of aliphatic hydroxyl groups is 1. The van der Waals surface area contributed by atoms with E-state index in [2.05, 4.69) is 0 Å². The van der Waals surface area contributed by atoms with Crippen LogP contribution >= 0.6 is 0 Å². The highest BCUT2D eigenvalue weighted by Gasteiger charge is 2.45. The van der Waals surface area contributed by atoms with Crippen molar-refractivity contribution in [1.29, 1.82) is 0 Å². The predicted octanol–water partition coefficient (Wildman–Crippen LogP) is 2.74. The van der Waals surface area contributed by atoms with E-state index in [4.69, 9.17) is 9.47 Å². The van der Waals surface area contributed by atoms with E-state index in [1.807, 2.05) is 52.0 Å². The van der Waals surface area contributed by atoms with Crippen LogP contribution in [0, 0.1) is 6.92 Å². The maximum atomic E-state index is 12.0. The van der Waals surface area contributed by atoms with Gasteiger partial charge in [0.05, 0.1) is 6.04 Å². The molecule has 1 aromatic carbocycles. The van der Waals surface area contributed by atoms with Gasteiger partial charge in [-0.05, 0) is 39.8 Å². The van der Waals surface area contributed by atoms with Crippen molar-refractivity contribution in [2.45, 2.75) is 58.4 Å². The van der Waals surface area contributed by atoms with Gasteiger partial charge in [0.25, 0.3) is 0 Å². The van der Waals surface area contributed by atoms with Gasteiger partial charge in [0, 0.05) is 19.1 Å². The molecule has 0 bridgehead atoms. The molecule has 122 valence electrons. The second kappa shape index (κ2) is 7.01. The van der Waals surface area contributed by atoms with Crippen LogP contribution in [0.15, 0.2) is 24.3 Å². The number of hydrogen-bond donors (Lipinski definition) is 1. The number of rotatable bonds is 6. The maximum Gasteiger partial charge on any atom is 0.410 e. The quantitative estimate of drug-likeness (QED) is 0.878. The lowest BCUT2D eigenvalue weighted by Gasteiger charge is -2.28. The summed E-state index contributed by atoms with van der Waals surface area (Å²) in [6, 6.07) is 7.70. The Hall–Kier alpha value is -1.75. The fourth-order valence-corrected chi connectivity index (χ4v) is 2.88. The predicted molar refractivity (Wildman–Crippen MR) is 84.0 cm³/mol. The highest BCUT2D eigenvalue weighted by Crippen LogP contribution is 2.28. The van der Waals surface area contributed by atoms with Gasteiger partial charge in [-0.25, -0.2) is 4.79 Å². The minimum atomic E-state index is -0.386. The molecule has 1 unspecified atom stereocenters. The number of aryl methyl sites for hydroxylation is 1. The Labute approximate surface area is 131 Å². The lowest BCUT2D eigenvalue weighted by atomic mass is 10.0. The van der Waals surface area contributed by atoms with Crippen LogP contribution in [0.4, 0.5) is 4.79 Å². The average Bonchev–Trinajstić information content (AvgIpc) is 2.76. The molecule has 1 aromatic rings. The number of cyclic esters (lactones) is 1. The standard InChI is InChI=1S/C17H25NO4/c1-11(2)18-13(4)16(22-17(18)20)15(9-10-19)21-14-7-5-12(3)6-8-14/h5-8,11,13,15-16,19H,9-10H2,1-4H3/t13?,15-,16-/m0/s1. The monoisotopic (exact) mass is 307 g/mol. The number of carbonyl (C=O) groups excluding carboxylic acids is 1. The zero-order valence-corrected chi connectivity index (χ0v) is 13.7. The first kappa shape index (κ1) is 16.6. The summed E-state index contributed by atoms with van der Waals surface area (Å²) >= 11 is 0. The molecule has 1 N–H and O–H groups in total.